The molecule has 0 heterocycles. The largest absolute Gasteiger partial charge is 0.389 e. The van der Waals surface area contributed by atoms with Crippen LogP contribution in [0, 0.1) is 0 Å². The standard InChI is InChI=1S/C15H18N2O5S/c1-10(19)23-9-13(15(22)16-7-12(20)8-18)17-14(21)11-5-3-2-4-6-11/h2-6,13,18H,7-9H2,1H3,(H,16,22)(H,17,21)/t13-/m0/s1. The molecule has 1 rings (SSSR count). The molecule has 23 heavy (non-hydrogen) atoms. The number of benzene rings is 1. The van der Waals surface area contributed by atoms with Crippen LogP contribution >= 0.6 is 11.8 Å². The summed E-state index contributed by atoms with van der Waals surface area (Å²) in [6.07, 6.45) is 0. The average Bonchev–Trinajstić information content (AvgIpc) is 2.56. The number of rotatable bonds is 8. The summed E-state index contributed by atoms with van der Waals surface area (Å²) >= 11 is 0.896. The van der Waals surface area contributed by atoms with Crippen LogP contribution in [0.15, 0.2) is 30.3 Å². The number of nitrogens with one attached hydrogen (secondary N) is 2. The molecule has 124 valence electrons. The van der Waals surface area contributed by atoms with E-state index in [1.807, 2.05) is 0 Å². The number of hydrogen-bond donors (Lipinski definition) is 3. The molecule has 7 nitrogen and oxygen atoms in total. The minimum atomic E-state index is -0.969. The number of hydrogen-bond acceptors (Lipinski definition) is 6. The van der Waals surface area contributed by atoms with Gasteiger partial charge in [-0.25, -0.2) is 0 Å². The topological polar surface area (TPSA) is 113 Å². The molecule has 2 amide bonds. The smallest absolute Gasteiger partial charge is 0.251 e. The summed E-state index contributed by atoms with van der Waals surface area (Å²) < 4.78 is 0. The van der Waals surface area contributed by atoms with Gasteiger partial charge in [0.1, 0.15) is 12.6 Å². The molecule has 3 N–H and O–H groups in total. The number of aliphatic hydroxyl groups excluding tert-OH is 1. The first kappa shape index (κ1) is 18.9. The summed E-state index contributed by atoms with van der Waals surface area (Å²) in [6, 6.07) is 7.35. The van der Waals surface area contributed by atoms with Gasteiger partial charge in [-0.1, -0.05) is 30.0 Å². The van der Waals surface area contributed by atoms with E-state index in [1.54, 1.807) is 30.3 Å². The van der Waals surface area contributed by atoms with Crippen LogP contribution in [0.1, 0.15) is 17.3 Å². The van der Waals surface area contributed by atoms with Gasteiger partial charge in [0.2, 0.25) is 5.91 Å². The van der Waals surface area contributed by atoms with Crippen LogP contribution in [-0.4, -0.2) is 52.8 Å². The second-order valence-electron chi connectivity index (χ2n) is 4.61. The molecule has 0 aromatic heterocycles. The molecule has 0 unspecified atom stereocenters. The number of carbonyl (C=O) groups excluding carboxylic acids is 4. The Hall–Kier alpha value is -2.19. The van der Waals surface area contributed by atoms with Crippen molar-refractivity contribution in [3.05, 3.63) is 35.9 Å². The number of Topliss-reactive ketones (excluding diaryl/α,β-unsaturated/α-hetero) is 1. The molecule has 0 aliphatic carbocycles. The lowest BCUT2D eigenvalue weighted by Crippen LogP contribution is -2.49. The van der Waals surface area contributed by atoms with Crippen LogP contribution in [0.3, 0.4) is 0 Å². The quantitative estimate of drug-likeness (QED) is 0.602. The van der Waals surface area contributed by atoms with E-state index in [9.17, 15) is 19.2 Å². The molecule has 0 fully saturated rings. The molecule has 1 aromatic rings. The average molecular weight is 338 g/mol. The monoisotopic (exact) mass is 338 g/mol. The van der Waals surface area contributed by atoms with Crippen LogP contribution < -0.4 is 10.6 Å². The first-order valence-corrected chi connectivity index (χ1v) is 7.82. The van der Waals surface area contributed by atoms with Gasteiger partial charge < -0.3 is 15.7 Å². The Labute approximate surface area is 137 Å². The maximum absolute atomic E-state index is 12.1. The highest BCUT2D eigenvalue weighted by atomic mass is 32.2. The first-order chi connectivity index (χ1) is 10.9. The Balaban J connectivity index is 2.71. The summed E-state index contributed by atoms with van der Waals surface area (Å²) in [6.45, 7) is 0.342. The van der Waals surface area contributed by atoms with E-state index in [4.69, 9.17) is 5.11 Å². The van der Waals surface area contributed by atoms with Gasteiger partial charge in [0.15, 0.2) is 10.9 Å². The van der Waals surface area contributed by atoms with Gasteiger partial charge in [-0.05, 0) is 12.1 Å². The number of aliphatic hydroxyl groups is 1. The highest BCUT2D eigenvalue weighted by Gasteiger charge is 2.22. The van der Waals surface area contributed by atoms with Gasteiger partial charge in [0.05, 0.1) is 6.54 Å². The lowest BCUT2D eigenvalue weighted by atomic mass is 10.2. The summed E-state index contributed by atoms with van der Waals surface area (Å²) in [4.78, 5) is 46.3. The predicted octanol–water partition coefficient (Wildman–Crippen LogP) is -0.258. The van der Waals surface area contributed by atoms with Gasteiger partial charge in [-0.15, -0.1) is 0 Å². The fourth-order valence-electron chi connectivity index (χ4n) is 1.58. The lowest BCUT2D eigenvalue weighted by molar-refractivity contribution is -0.127. The molecule has 0 spiro atoms. The van der Waals surface area contributed by atoms with Gasteiger partial charge in [0, 0.05) is 18.2 Å². The zero-order chi connectivity index (χ0) is 17.2. The van der Waals surface area contributed by atoms with Crippen molar-refractivity contribution in [2.24, 2.45) is 0 Å². The van der Waals surface area contributed by atoms with E-state index in [1.165, 1.54) is 6.92 Å². The second kappa shape index (κ2) is 9.75. The Bertz CT molecular complexity index is 576. The number of ketones is 1. The second-order valence-corrected chi connectivity index (χ2v) is 5.81. The zero-order valence-electron chi connectivity index (χ0n) is 12.6. The third kappa shape index (κ3) is 7.07. The van der Waals surface area contributed by atoms with Gasteiger partial charge in [-0.3, -0.25) is 19.2 Å². The normalized spacial score (nSPS) is 11.4. The third-order valence-corrected chi connectivity index (χ3v) is 3.65. The highest BCUT2D eigenvalue weighted by molar-refractivity contribution is 8.13. The molecule has 0 radical (unpaired) electrons. The van der Waals surface area contributed by atoms with Crippen molar-refractivity contribution >= 4 is 34.5 Å². The van der Waals surface area contributed by atoms with E-state index >= 15 is 0 Å². The van der Waals surface area contributed by atoms with Crippen molar-refractivity contribution in [1.82, 2.24) is 10.6 Å². The van der Waals surface area contributed by atoms with Gasteiger partial charge in [-0.2, -0.15) is 0 Å². The van der Waals surface area contributed by atoms with Crippen molar-refractivity contribution in [2.45, 2.75) is 13.0 Å². The molecule has 0 saturated heterocycles. The number of thioether (sulfide) groups is 1. The fourth-order valence-corrected chi connectivity index (χ4v) is 2.22. The maximum atomic E-state index is 12.1. The zero-order valence-corrected chi connectivity index (χ0v) is 13.4. The third-order valence-electron chi connectivity index (χ3n) is 2.75. The van der Waals surface area contributed by atoms with E-state index < -0.39 is 30.2 Å². The molecule has 8 heteroatoms. The number of amides is 2. The summed E-state index contributed by atoms with van der Waals surface area (Å²) in [7, 11) is 0. The Morgan fingerprint density at radius 2 is 1.83 bits per heavy atom. The molecular formula is C15H18N2O5S. The minimum absolute atomic E-state index is 0.0487. The van der Waals surface area contributed by atoms with Gasteiger partial charge >= 0.3 is 0 Å². The first-order valence-electron chi connectivity index (χ1n) is 6.83. The minimum Gasteiger partial charge on any atom is -0.389 e. The van der Waals surface area contributed by atoms with Crippen LogP contribution in [0.4, 0.5) is 0 Å². The van der Waals surface area contributed by atoms with Crippen LogP contribution in [0.2, 0.25) is 0 Å². The molecule has 0 bridgehead atoms. The van der Waals surface area contributed by atoms with E-state index in [0.29, 0.717) is 5.56 Å². The van der Waals surface area contributed by atoms with Crippen LogP contribution in [-0.2, 0) is 14.4 Å². The summed E-state index contributed by atoms with van der Waals surface area (Å²) in [5, 5.41) is 13.3. The number of carbonyl (C=O) groups is 4. The summed E-state index contributed by atoms with van der Waals surface area (Å²) in [5.41, 5.74) is 0.379. The highest BCUT2D eigenvalue weighted by Crippen LogP contribution is 2.06. The van der Waals surface area contributed by atoms with E-state index in [2.05, 4.69) is 10.6 Å². The van der Waals surface area contributed by atoms with Crippen LogP contribution in [0.25, 0.3) is 0 Å². The maximum Gasteiger partial charge on any atom is 0.251 e. The van der Waals surface area contributed by atoms with E-state index in [0.717, 1.165) is 11.8 Å². The van der Waals surface area contributed by atoms with Crippen molar-refractivity contribution in [3.8, 4) is 0 Å². The van der Waals surface area contributed by atoms with Crippen molar-refractivity contribution in [3.63, 3.8) is 0 Å². The SMILES string of the molecule is CC(=O)SC[C@H](NC(=O)c1ccccc1)C(=O)NCC(=O)CO. The molecule has 1 aromatic carbocycles. The fraction of sp³-hybridized carbons (Fsp3) is 0.333. The molecule has 0 aliphatic rings. The Kier molecular flexibility index (Phi) is 8.00. The molecule has 0 saturated carbocycles. The van der Waals surface area contributed by atoms with Crippen molar-refractivity contribution < 1.29 is 24.3 Å². The molecule has 1 atom stereocenters. The van der Waals surface area contributed by atoms with Crippen LogP contribution in [0.5, 0.6) is 0 Å². The lowest BCUT2D eigenvalue weighted by Gasteiger charge is -2.17. The Morgan fingerprint density at radius 3 is 2.39 bits per heavy atom. The van der Waals surface area contributed by atoms with E-state index in [-0.39, 0.29) is 17.4 Å². The molecule has 0 aliphatic heterocycles. The van der Waals surface area contributed by atoms with Crippen molar-refractivity contribution in [2.75, 3.05) is 18.9 Å². The van der Waals surface area contributed by atoms with Gasteiger partial charge in [0.25, 0.3) is 5.91 Å². The van der Waals surface area contributed by atoms with Crippen molar-refractivity contribution in [1.29, 1.82) is 0 Å². The summed E-state index contributed by atoms with van der Waals surface area (Å²) in [5.74, 6) is -1.55. The molecular weight excluding hydrogens is 320 g/mol. The Morgan fingerprint density at radius 1 is 1.17 bits per heavy atom. The predicted molar refractivity (Wildman–Crippen MR) is 85.9 cm³/mol.